The lowest BCUT2D eigenvalue weighted by Gasteiger charge is -2.16. The third kappa shape index (κ3) is 5.88. The van der Waals surface area contributed by atoms with E-state index >= 15 is 0 Å². The summed E-state index contributed by atoms with van der Waals surface area (Å²) in [5.74, 6) is 2.76. The molecule has 0 amide bonds. The molecule has 0 unspecified atom stereocenters. The Bertz CT molecular complexity index is 577. The maximum Gasteiger partial charge on any atom is 0.384 e. The molecule has 0 aliphatic carbocycles. The standard InChI is InChI=1S/C18H16O2S2/c1-2-18(19)20-15(13-21-16-9-5-3-6-10-16)14-22-17-11-7-4-8-12-17/h1,3-12,15H,13-14H2. The first-order chi connectivity index (χ1) is 10.8. The number of hydrogen-bond donors (Lipinski definition) is 0. The third-order valence-electron chi connectivity index (χ3n) is 2.75. The molecule has 0 N–H and O–H groups in total. The van der Waals surface area contributed by atoms with E-state index < -0.39 is 5.97 Å². The van der Waals surface area contributed by atoms with Crippen molar-refractivity contribution in [2.45, 2.75) is 15.9 Å². The second-order valence-corrected chi connectivity index (χ2v) is 6.61. The zero-order valence-corrected chi connectivity index (χ0v) is 13.6. The molecule has 0 aliphatic heterocycles. The van der Waals surface area contributed by atoms with Gasteiger partial charge in [0.15, 0.2) is 0 Å². The largest absolute Gasteiger partial charge is 0.451 e. The summed E-state index contributed by atoms with van der Waals surface area (Å²) in [6.45, 7) is 0. The van der Waals surface area contributed by atoms with Crippen LogP contribution in [0.25, 0.3) is 0 Å². The lowest BCUT2D eigenvalue weighted by molar-refractivity contribution is -0.139. The van der Waals surface area contributed by atoms with E-state index in [9.17, 15) is 4.79 Å². The van der Waals surface area contributed by atoms with Gasteiger partial charge in [-0.25, -0.2) is 4.79 Å². The van der Waals surface area contributed by atoms with Gasteiger partial charge in [-0.05, 0) is 24.3 Å². The van der Waals surface area contributed by atoms with E-state index in [-0.39, 0.29) is 6.10 Å². The van der Waals surface area contributed by atoms with Gasteiger partial charge in [0.2, 0.25) is 0 Å². The summed E-state index contributed by atoms with van der Waals surface area (Å²) in [5, 5.41) is 0. The molecule has 2 aromatic carbocycles. The predicted octanol–water partition coefficient (Wildman–Crippen LogP) is 4.12. The van der Waals surface area contributed by atoms with E-state index in [0.29, 0.717) is 11.5 Å². The molecule has 0 aliphatic rings. The van der Waals surface area contributed by atoms with Gasteiger partial charge in [-0.3, -0.25) is 0 Å². The van der Waals surface area contributed by atoms with E-state index in [4.69, 9.17) is 11.2 Å². The number of terminal acetylenes is 1. The zero-order chi connectivity index (χ0) is 15.6. The van der Waals surface area contributed by atoms with Gasteiger partial charge in [0, 0.05) is 27.2 Å². The van der Waals surface area contributed by atoms with Gasteiger partial charge in [-0.2, -0.15) is 0 Å². The van der Waals surface area contributed by atoms with Crippen LogP contribution in [0.3, 0.4) is 0 Å². The van der Waals surface area contributed by atoms with Crippen LogP contribution in [0, 0.1) is 12.3 Å². The molecular weight excluding hydrogens is 312 g/mol. The molecular formula is C18H16O2S2. The molecule has 0 spiro atoms. The van der Waals surface area contributed by atoms with E-state index in [1.165, 1.54) is 0 Å². The Balaban J connectivity index is 1.90. The van der Waals surface area contributed by atoms with Crippen molar-refractivity contribution < 1.29 is 9.53 Å². The number of carbonyl (C=O) groups excluding carboxylic acids is 1. The van der Waals surface area contributed by atoms with Crippen LogP contribution in [0.2, 0.25) is 0 Å². The molecule has 2 aromatic rings. The molecule has 2 nitrogen and oxygen atoms in total. The lowest BCUT2D eigenvalue weighted by Crippen LogP contribution is -2.22. The summed E-state index contributed by atoms with van der Waals surface area (Å²) in [6.07, 6.45) is 4.87. The summed E-state index contributed by atoms with van der Waals surface area (Å²) < 4.78 is 5.33. The summed E-state index contributed by atoms with van der Waals surface area (Å²) in [6, 6.07) is 20.1. The number of carbonyl (C=O) groups is 1. The Hall–Kier alpha value is -1.83. The molecule has 112 valence electrons. The second-order valence-electron chi connectivity index (χ2n) is 4.42. The molecule has 0 atom stereocenters. The number of esters is 1. The van der Waals surface area contributed by atoms with E-state index in [1.807, 2.05) is 66.6 Å². The molecule has 0 saturated carbocycles. The van der Waals surface area contributed by atoms with Crippen LogP contribution in [0.1, 0.15) is 0 Å². The highest BCUT2D eigenvalue weighted by Gasteiger charge is 2.14. The maximum absolute atomic E-state index is 11.4. The average molecular weight is 328 g/mol. The minimum absolute atomic E-state index is 0.223. The van der Waals surface area contributed by atoms with Gasteiger partial charge < -0.3 is 4.74 Å². The summed E-state index contributed by atoms with van der Waals surface area (Å²) >= 11 is 3.31. The monoisotopic (exact) mass is 328 g/mol. The van der Waals surface area contributed by atoms with Crippen LogP contribution in [-0.4, -0.2) is 23.6 Å². The normalized spacial score (nSPS) is 10.2. The molecule has 0 aromatic heterocycles. The van der Waals surface area contributed by atoms with Crippen LogP contribution in [0.15, 0.2) is 70.5 Å². The first kappa shape index (κ1) is 16.5. The van der Waals surface area contributed by atoms with Crippen molar-refractivity contribution in [3.63, 3.8) is 0 Å². The summed E-state index contributed by atoms with van der Waals surface area (Å²) in [7, 11) is 0. The Morgan fingerprint density at radius 2 is 1.41 bits per heavy atom. The lowest BCUT2D eigenvalue weighted by atomic mass is 10.4. The van der Waals surface area contributed by atoms with Gasteiger partial charge in [-0.15, -0.1) is 29.9 Å². The van der Waals surface area contributed by atoms with E-state index in [1.54, 1.807) is 23.5 Å². The maximum atomic E-state index is 11.4. The van der Waals surface area contributed by atoms with Crippen molar-refractivity contribution in [2.75, 3.05) is 11.5 Å². The molecule has 0 fully saturated rings. The molecule has 0 radical (unpaired) electrons. The average Bonchev–Trinajstić information content (AvgIpc) is 2.59. The van der Waals surface area contributed by atoms with Gasteiger partial charge >= 0.3 is 5.97 Å². The number of benzene rings is 2. The molecule has 4 heteroatoms. The Morgan fingerprint density at radius 3 is 1.82 bits per heavy atom. The topological polar surface area (TPSA) is 26.3 Å². The molecule has 2 rings (SSSR count). The fraction of sp³-hybridized carbons (Fsp3) is 0.167. The third-order valence-corrected chi connectivity index (χ3v) is 5.04. The molecule has 0 bridgehead atoms. The predicted molar refractivity (Wildman–Crippen MR) is 93.0 cm³/mol. The minimum atomic E-state index is -0.604. The SMILES string of the molecule is C#CC(=O)OC(CSc1ccccc1)CSc1ccccc1. The highest BCUT2D eigenvalue weighted by Crippen LogP contribution is 2.24. The van der Waals surface area contributed by atoms with Crippen molar-refractivity contribution >= 4 is 29.5 Å². The van der Waals surface area contributed by atoms with Gasteiger partial charge in [-0.1, -0.05) is 36.4 Å². The highest BCUT2D eigenvalue weighted by atomic mass is 32.2. The van der Waals surface area contributed by atoms with Crippen LogP contribution in [-0.2, 0) is 9.53 Å². The first-order valence-corrected chi connectivity index (χ1v) is 8.78. The minimum Gasteiger partial charge on any atom is -0.451 e. The first-order valence-electron chi connectivity index (χ1n) is 6.81. The van der Waals surface area contributed by atoms with E-state index in [2.05, 4.69) is 0 Å². The second kappa shape index (κ2) is 9.24. The van der Waals surface area contributed by atoms with Crippen LogP contribution in [0.5, 0.6) is 0 Å². The van der Waals surface area contributed by atoms with Crippen LogP contribution < -0.4 is 0 Å². The summed E-state index contributed by atoms with van der Waals surface area (Å²) in [5.41, 5.74) is 0. The number of rotatable bonds is 7. The smallest absolute Gasteiger partial charge is 0.384 e. The van der Waals surface area contributed by atoms with Crippen LogP contribution in [0.4, 0.5) is 0 Å². The van der Waals surface area contributed by atoms with Crippen molar-refractivity contribution in [3.8, 4) is 12.3 Å². The Labute approximate surface area is 139 Å². The summed E-state index contributed by atoms with van der Waals surface area (Å²) in [4.78, 5) is 13.7. The van der Waals surface area contributed by atoms with Gasteiger partial charge in [0.25, 0.3) is 0 Å². The number of ether oxygens (including phenoxy) is 1. The Morgan fingerprint density at radius 1 is 0.955 bits per heavy atom. The quantitative estimate of drug-likeness (QED) is 0.331. The van der Waals surface area contributed by atoms with Crippen molar-refractivity contribution in [1.29, 1.82) is 0 Å². The zero-order valence-electron chi connectivity index (χ0n) is 12.0. The highest BCUT2D eigenvalue weighted by molar-refractivity contribution is 8.00. The van der Waals surface area contributed by atoms with Crippen molar-refractivity contribution in [3.05, 3.63) is 60.7 Å². The number of hydrogen-bond acceptors (Lipinski definition) is 4. The fourth-order valence-electron chi connectivity index (χ4n) is 1.71. The molecule has 0 saturated heterocycles. The van der Waals surface area contributed by atoms with Crippen LogP contribution >= 0.6 is 23.5 Å². The number of thioether (sulfide) groups is 2. The van der Waals surface area contributed by atoms with Gasteiger partial charge in [0.1, 0.15) is 6.10 Å². The van der Waals surface area contributed by atoms with Gasteiger partial charge in [0.05, 0.1) is 0 Å². The van der Waals surface area contributed by atoms with Crippen molar-refractivity contribution in [2.24, 2.45) is 0 Å². The fourth-order valence-corrected chi connectivity index (χ4v) is 3.69. The van der Waals surface area contributed by atoms with E-state index in [0.717, 1.165) is 9.79 Å². The molecule has 22 heavy (non-hydrogen) atoms. The molecule has 0 heterocycles. The van der Waals surface area contributed by atoms with Crippen molar-refractivity contribution in [1.82, 2.24) is 0 Å². The Kier molecular flexibility index (Phi) is 6.95.